The number of ether oxygens (including phenoxy) is 2. The Hall–Kier alpha value is -4.46. The van der Waals surface area contributed by atoms with Gasteiger partial charge in [0, 0.05) is 36.0 Å². The van der Waals surface area contributed by atoms with Crippen LogP contribution in [0.3, 0.4) is 0 Å². The van der Waals surface area contributed by atoms with E-state index in [9.17, 15) is 41.1 Å². The Labute approximate surface area is 338 Å². The van der Waals surface area contributed by atoms with Gasteiger partial charge in [0.05, 0.1) is 18.9 Å². The van der Waals surface area contributed by atoms with Crippen LogP contribution in [-0.2, 0) is 24.4 Å². The summed E-state index contributed by atoms with van der Waals surface area (Å²) in [5, 5.41) is 14.8. The largest absolute Gasteiger partial charge is 0.488 e. The van der Waals surface area contributed by atoms with Gasteiger partial charge in [-0.2, -0.15) is 13.2 Å². The highest BCUT2D eigenvalue weighted by molar-refractivity contribution is 7.91. The van der Waals surface area contributed by atoms with E-state index in [1.54, 1.807) is 30.6 Å². The van der Waals surface area contributed by atoms with Crippen LogP contribution in [0.5, 0.6) is 11.6 Å². The standard InChI is InChI=1S/C38H49F3N6O9S2/c1-6-22-15-21(2)9-7-8-10-23-19-37(23,34(50)45-58(53,54)26-11-12-26)44-31(48)28-17-25(56-24-16-27(32-42-13-14-57-32)43-29(18-24)55-5)20-46(28)33(49)30(22)47(35(51)52)36(3,4)38(39,40)41/h8,10,13-14,16,18,21-23,25-26,28,30H,6-7,9,11-12,15,17,19-20H2,1-5H3,(H,44,48)(H,45,50)(H,51,52)/b10-8-/t21-,22-,23-,25-,28+,30+,37-/m1/s1. The zero-order chi connectivity index (χ0) is 42.4. The number of hydrogen-bond donors (Lipinski definition) is 3. The van der Waals surface area contributed by atoms with E-state index in [2.05, 4.69) is 20.0 Å². The number of alkyl halides is 3. The number of pyridine rings is 1. The number of sulfonamides is 1. The number of hydrogen-bond acceptors (Lipinski definition) is 11. The number of rotatable bonds is 10. The molecule has 4 amide bonds. The number of carboxylic acid groups (broad SMARTS) is 1. The first kappa shape index (κ1) is 43.1. The van der Waals surface area contributed by atoms with Crippen molar-refractivity contribution in [2.45, 2.75) is 120 Å². The minimum absolute atomic E-state index is 0.0564. The zero-order valence-electron chi connectivity index (χ0n) is 32.8. The van der Waals surface area contributed by atoms with Crippen LogP contribution in [0.1, 0.15) is 79.1 Å². The van der Waals surface area contributed by atoms with E-state index < -0.39 is 86.4 Å². The van der Waals surface area contributed by atoms with Crippen LogP contribution in [0.15, 0.2) is 35.9 Å². The molecule has 6 rings (SSSR count). The molecule has 0 spiro atoms. The van der Waals surface area contributed by atoms with Gasteiger partial charge in [-0.25, -0.2) is 23.2 Å². The van der Waals surface area contributed by atoms with Gasteiger partial charge in [0.1, 0.15) is 45.7 Å². The third kappa shape index (κ3) is 8.77. The van der Waals surface area contributed by atoms with Gasteiger partial charge in [-0.15, -0.1) is 11.3 Å². The quantitative estimate of drug-likeness (QED) is 0.268. The summed E-state index contributed by atoms with van der Waals surface area (Å²) in [7, 11) is -2.62. The molecule has 0 bridgehead atoms. The first-order valence-corrected chi connectivity index (χ1v) is 21.7. The molecule has 3 fully saturated rings. The maximum absolute atomic E-state index is 15.1. The molecule has 2 aromatic heterocycles. The predicted octanol–water partition coefficient (Wildman–Crippen LogP) is 5.14. The summed E-state index contributed by atoms with van der Waals surface area (Å²) in [4.78, 5) is 66.4. The third-order valence-corrected chi connectivity index (χ3v) is 14.3. The van der Waals surface area contributed by atoms with Gasteiger partial charge in [0.25, 0.3) is 5.91 Å². The Bertz CT molecular complexity index is 2030. The minimum Gasteiger partial charge on any atom is -0.488 e. The lowest BCUT2D eigenvalue weighted by Gasteiger charge is -2.46. The highest BCUT2D eigenvalue weighted by Gasteiger charge is 2.63. The first-order valence-electron chi connectivity index (χ1n) is 19.3. The number of amides is 4. The zero-order valence-corrected chi connectivity index (χ0v) is 34.5. The Balaban J connectivity index is 1.43. The molecule has 58 heavy (non-hydrogen) atoms. The first-order chi connectivity index (χ1) is 27.2. The molecule has 2 aromatic rings. The smallest absolute Gasteiger partial charge is 0.411 e. The number of thiazole rings is 1. The van der Waals surface area contributed by atoms with Crippen LogP contribution >= 0.6 is 11.3 Å². The summed E-state index contributed by atoms with van der Waals surface area (Å²) >= 11 is 1.31. The number of halogens is 3. The SMILES string of the molecule is CC[C@@H]1C[C@H](C)CC/C=C\[C@@H]2C[C@@]2(C(=O)NS(=O)(=O)C2CC2)NC(=O)[C@@H]2C[C@@H](Oc3cc(OC)nc(-c4nccs4)c3)CN2C(=O)[C@H]1N(C(=O)O)C(C)(C)C(F)(F)F. The second kappa shape index (κ2) is 16.3. The molecule has 0 aromatic carbocycles. The van der Waals surface area contributed by atoms with E-state index in [0.29, 0.717) is 50.2 Å². The Kier molecular flexibility index (Phi) is 12.1. The van der Waals surface area contributed by atoms with Crippen LogP contribution < -0.4 is 19.5 Å². The molecule has 2 aliphatic heterocycles. The van der Waals surface area contributed by atoms with Gasteiger partial charge in [0.2, 0.25) is 27.7 Å². The van der Waals surface area contributed by atoms with E-state index in [0.717, 1.165) is 4.90 Å². The Morgan fingerprint density at radius 3 is 2.50 bits per heavy atom. The fourth-order valence-corrected chi connectivity index (χ4v) is 9.94. The van der Waals surface area contributed by atoms with Crippen LogP contribution in [0.25, 0.3) is 10.7 Å². The molecule has 4 heterocycles. The van der Waals surface area contributed by atoms with Crippen molar-refractivity contribution in [3.05, 3.63) is 35.9 Å². The molecule has 0 radical (unpaired) electrons. The van der Waals surface area contributed by atoms with E-state index in [1.807, 2.05) is 13.0 Å². The average Bonchev–Trinajstić information content (AvgIpc) is 4.01. The molecule has 2 aliphatic carbocycles. The van der Waals surface area contributed by atoms with E-state index in [1.165, 1.54) is 24.5 Å². The van der Waals surface area contributed by atoms with Crippen LogP contribution in [0.4, 0.5) is 18.0 Å². The second-order valence-corrected chi connectivity index (χ2v) is 19.0. The number of methoxy groups -OCH3 is 1. The molecule has 2 saturated carbocycles. The number of carbonyl (C=O) groups excluding carboxylic acids is 3. The molecule has 20 heteroatoms. The van der Waals surface area contributed by atoms with Crippen LogP contribution in [-0.4, -0.2) is 111 Å². The van der Waals surface area contributed by atoms with Gasteiger partial charge < -0.3 is 24.8 Å². The lowest BCUT2D eigenvalue weighted by Crippen LogP contribution is -2.66. The maximum Gasteiger partial charge on any atom is 0.411 e. The molecule has 7 atom stereocenters. The van der Waals surface area contributed by atoms with Gasteiger partial charge in [-0.3, -0.25) is 24.0 Å². The Morgan fingerprint density at radius 1 is 1.17 bits per heavy atom. The number of nitrogens with one attached hydrogen (secondary N) is 2. The fraction of sp³-hybridized carbons (Fsp3) is 0.632. The van der Waals surface area contributed by atoms with Crippen molar-refractivity contribution in [3.8, 4) is 22.3 Å². The summed E-state index contributed by atoms with van der Waals surface area (Å²) in [5.74, 6) is -4.14. The van der Waals surface area contributed by atoms with Crippen LogP contribution in [0.2, 0.25) is 0 Å². The van der Waals surface area contributed by atoms with E-state index in [4.69, 9.17) is 9.47 Å². The highest BCUT2D eigenvalue weighted by atomic mass is 32.2. The summed E-state index contributed by atoms with van der Waals surface area (Å²) < 4.78 is 84.0. The monoisotopic (exact) mass is 854 g/mol. The fourth-order valence-electron chi connectivity index (χ4n) is 7.98. The number of carbonyl (C=O) groups is 4. The minimum atomic E-state index is -5.10. The molecule has 1 saturated heterocycles. The van der Waals surface area contributed by atoms with Crippen molar-refractivity contribution in [1.82, 2.24) is 29.8 Å². The van der Waals surface area contributed by atoms with E-state index >= 15 is 4.79 Å². The molecular formula is C38H49F3N6O9S2. The molecular weight excluding hydrogens is 806 g/mol. The van der Waals surface area contributed by atoms with Gasteiger partial charge in [-0.1, -0.05) is 32.4 Å². The van der Waals surface area contributed by atoms with Gasteiger partial charge in [0.15, 0.2) is 0 Å². The summed E-state index contributed by atoms with van der Waals surface area (Å²) in [6.45, 7) is 4.59. The number of fused-ring (bicyclic) bond motifs is 2. The highest BCUT2D eigenvalue weighted by Crippen LogP contribution is 2.47. The molecule has 15 nitrogen and oxygen atoms in total. The third-order valence-electron chi connectivity index (χ3n) is 11.7. The summed E-state index contributed by atoms with van der Waals surface area (Å²) in [5.41, 5.74) is -4.34. The van der Waals surface area contributed by atoms with Crippen LogP contribution in [0, 0.1) is 17.8 Å². The van der Waals surface area contributed by atoms with Crippen molar-refractivity contribution < 1.29 is 55.3 Å². The van der Waals surface area contributed by atoms with Crippen molar-refractivity contribution in [1.29, 1.82) is 0 Å². The Morgan fingerprint density at radius 2 is 1.90 bits per heavy atom. The number of allylic oxidation sites excluding steroid dienone is 1. The molecule has 4 aliphatic rings. The van der Waals surface area contributed by atoms with E-state index in [-0.39, 0.29) is 54.7 Å². The lowest BCUT2D eigenvalue weighted by molar-refractivity contribution is -0.222. The van der Waals surface area contributed by atoms with Crippen molar-refractivity contribution in [3.63, 3.8) is 0 Å². The van der Waals surface area contributed by atoms with Gasteiger partial charge in [-0.05, 0) is 64.2 Å². The molecule has 0 unspecified atom stereocenters. The number of aromatic nitrogens is 2. The lowest BCUT2D eigenvalue weighted by atomic mass is 9.82. The molecule has 3 N–H and O–H groups in total. The maximum atomic E-state index is 15.1. The number of nitrogens with zero attached hydrogens (tertiary/aromatic N) is 4. The van der Waals surface area contributed by atoms with Crippen molar-refractivity contribution in [2.24, 2.45) is 17.8 Å². The average molecular weight is 855 g/mol. The second-order valence-electron chi connectivity index (χ2n) is 16.2. The normalized spacial score (nSPS) is 28.9. The van der Waals surface area contributed by atoms with Crippen molar-refractivity contribution in [2.75, 3.05) is 13.7 Å². The van der Waals surface area contributed by atoms with Crippen molar-refractivity contribution >= 4 is 45.2 Å². The predicted molar refractivity (Wildman–Crippen MR) is 205 cm³/mol. The molecule has 318 valence electrons. The summed E-state index contributed by atoms with van der Waals surface area (Å²) in [6, 6.07) is -0.300. The van der Waals surface area contributed by atoms with Gasteiger partial charge >= 0.3 is 12.3 Å². The summed E-state index contributed by atoms with van der Waals surface area (Å²) in [6.07, 6.45) is -0.980. The topological polar surface area (TPSA) is 197 Å².